The molecule has 1 aromatic heterocycles. The highest BCUT2D eigenvalue weighted by molar-refractivity contribution is 5.72. The van der Waals surface area contributed by atoms with E-state index < -0.39 is 0 Å². The first-order chi connectivity index (χ1) is 9.06. The Balaban J connectivity index is 2.03. The first kappa shape index (κ1) is 12.2. The summed E-state index contributed by atoms with van der Waals surface area (Å²) < 4.78 is 7.08. The van der Waals surface area contributed by atoms with Crippen molar-refractivity contribution in [1.29, 1.82) is 0 Å². The van der Waals surface area contributed by atoms with Crippen molar-refractivity contribution < 1.29 is 4.74 Å². The van der Waals surface area contributed by atoms with Crippen LogP contribution in [0, 0.1) is 12.8 Å². The molecule has 4 nitrogen and oxygen atoms in total. The third-order valence-electron chi connectivity index (χ3n) is 3.88. The van der Waals surface area contributed by atoms with E-state index >= 15 is 0 Å². The predicted molar refractivity (Wildman–Crippen MR) is 73.9 cm³/mol. The summed E-state index contributed by atoms with van der Waals surface area (Å²) in [6.45, 7) is 5.64. The normalized spacial score (nSPS) is 17.8. The molecule has 1 aliphatic carbocycles. The Morgan fingerprint density at radius 3 is 2.95 bits per heavy atom. The van der Waals surface area contributed by atoms with Crippen LogP contribution >= 0.6 is 0 Å². The average molecular weight is 258 g/mol. The number of hydrogen-bond acceptors (Lipinski definition) is 3. The maximum Gasteiger partial charge on any atom is 0.264 e. The number of nitrogens with zero attached hydrogens (tertiary/aromatic N) is 2. The molecule has 0 saturated heterocycles. The molecule has 0 aromatic carbocycles. The van der Waals surface area contributed by atoms with Gasteiger partial charge in [-0.05, 0) is 37.3 Å². The van der Waals surface area contributed by atoms with Crippen molar-refractivity contribution in [1.82, 2.24) is 9.55 Å². The van der Waals surface area contributed by atoms with E-state index in [1.807, 2.05) is 6.08 Å². The number of fused-ring (bicyclic) bond motifs is 1. The van der Waals surface area contributed by atoms with Crippen LogP contribution in [-0.4, -0.2) is 9.55 Å². The quantitative estimate of drug-likeness (QED) is 0.837. The van der Waals surface area contributed by atoms with Crippen LogP contribution in [0.4, 0.5) is 0 Å². The van der Waals surface area contributed by atoms with Crippen LogP contribution in [0.15, 0.2) is 23.2 Å². The van der Waals surface area contributed by atoms with Crippen molar-refractivity contribution in [2.75, 3.05) is 0 Å². The van der Waals surface area contributed by atoms with Crippen LogP contribution < -0.4 is 10.3 Å². The summed E-state index contributed by atoms with van der Waals surface area (Å²) in [5, 5.41) is 0. The van der Waals surface area contributed by atoms with E-state index in [0.29, 0.717) is 23.0 Å². The van der Waals surface area contributed by atoms with Gasteiger partial charge in [-0.2, -0.15) is 4.98 Å². The molecule has 0 atom stereocenters. The van der Waals surface area contributed by atoms with Gasteiger partial charge in [0.1, 0.15) is 17.1 Å². The van der Waals surface area contributed by atoms with E-state index in [1.54, 1.807) is 18.5 Å². The van der Waals surface area contributed by atoms with Gasteiger partial charge in [0.15, 0.2) is 0 Å². The highest BCUT2D eigenvalue weighted by atomic mass is 16.5. The van der Waals surface area contributed by atoms with Crippen molar-refractivity contribution >= 4 is 5.57 Å². The molecule has 0 N–H and O–H groups in total. The van der Waals surface area contributed by atoms with Crippen LogP contribution in [-0.2, 0) is 7.05 Å². The van der Waals surface area contributed by atoms with Gasteiger partial charge in [-0.25, -0.2) is 0 Å². The van der Waals surface area contributed by atoms with Crippen molar-refractivity contribution in [3.05, 3.63) is 40.2 Å². The maximum atomic E-state index is 12.4. The smallest absolute Gasteiger partial charge is 0.264 e. The topological polar surface area (TPSA) is 44.1 Å². The lowest BCUT2D eigenvalue weighted by atomic mass is 9.99. The van der Waals surface area contributed by atoms with E-state index in [4.69, 9.17) is 4.74 Å². The minimum Gasteiger partial charge on any atom is -0.439 e. The SMILES string of the molecule is C=C1C=C(CCC2CC2)c2c(nc(C)n(C)c2=O)O1. The summed E-state index contributed by atoms with van der Waals surface area (Å²) in [4.78, 5) is 16.7. The minimum absolute atomic E-state index is 0.0305. The second kappa shape index (κ2) is 4.37. The maximum absolute atomic E-state index is 12.4. The van der Waals surface area contributed by atoms with Crippen LogP contribution in [0.1, 0.15) is 37.1 Å². The van der Waals surface area contributed by atoms with Gasteiger partial charge in [0.25, 0.3) is 5.56 Å². The number of ether oxygens (including phenoxy) is 1. The Morgan fingerprint density at radius 1 is 1.53 bits per heavy atom. The van der Waals surface area contributed by atoms with E-state index in [2.05, 4.69) is 11.6 Å². The lowest BCUT2D eigenvalue weighted by molar-refractivity contribution is 0.415. The second-order valence-corrected chi connectivity index (χ2v) is 5.42. The molecule has 1 fully saturated rings. The van der Waals surface area contributed by atoms with Gasteiger partial charge < -0.3 is 4.74 Å². The van der Waals surface area contributed by atoms with Gasteiger partial charge in [-0.1, -0.05) is 19.4 Å². The van der Waals surface area contributed by atoms with Gasteiger partial charge in [-0.15, -0.1) is 0 Å². The van der Waals surface area contributed by atoms with Gasteiger partial charge in [0, 0.05) is 7.05 Å². The standard InChI is InChI=1S/C15H18N2O2/c1-9-8-12(7-6-11-4-5-11)13-14(19-9)16-10(2)17(3)15(13)18/h8,11H,1,4-7H2,2-3H3. The van der Waals surface area contributed by atoms with Crippen LogP contribution in [0.3, 0.4) is 0 Å². The molecule has 1 saturated carbocycles. The lowest BCUT2D eigenvalue weighted by Gasteiger charge is -2.19. The number of rotatable bonds is 3. The first-order valence-corrected chi connectivity index (χ1v) is 6.71. The monoisotopic (exact) mass is 258 g/mol. The molecule has 0 unspecified atom stereocenters. The average Bonchev–Trinajstić information content (AvgIpc) is 3.16. The predicted octanol–water partition coefficient (Wildman–Crippen LogP) is 2.57. The Hall–Kier alpha value is -1.84. The molecule has 1 aliphatic heterocycles. The zero-order valence-electron chi connectivity index (χ0n) is 11.4. The summed E-state index contributed by atoms with van der Waals surface area (Å²) >= 11 is 0. The highest BCUT2D eigenvalue weighted by Crippen LogP contribution is 2.38. The summed E-state index contributed by atoms with van der Waals surface area (Å²) in [6.07, 6.45) is 6.56. The van der Waals surface area contributed by atoms with Crippen molar-refractivity contribution in [2.45, 2.75) is 32.6 Å². The molecule has 2 aliphatic rings. The molecule has 0 spiro atoms. The largest absolute Gasteiger partial charge is 0.439 e. The number of aryl methyl sites for hydroxylation is 1. The van der Waals surface area contributed by atoms with Crippen LogP contribution in [0.5, 0.6) is 5.88 Å². The zero-order valence-corrected chi connectivity index (χ0v) is 11.4. The summed E-state index contributed by atoms with van der Waals surface area (Å²) in [5.41, 5.74) is 1.60. The van der Waals surface area contributed by atoms with Crippen molar-refractivity contribution in [2.24, 2.45) is 13.0 Å². The lowest BCUT2D eigenvalue weighted by Crippen LogP contribution is -2.26. The molecule has 100 valence electrons. The fraction of sp³-hybridized carbons (Fsp3) is 0.467. The molecule has 19 heavy (non-hydrogen) atoms. The number of allylic oxidation sites excluding steroid dienone is 2. The van der Waals surface area contributed by atoms with Crippen LogP contribution in [0.2, 0.25) is 0 Å². The van der Waals surface area contributed by atoms with Crippen LogP contribution in [0.25, 0.3) is 5.57 Å². The Kier molecular flexibility index (Phi) is 2.81. The summed E-state index contributed by atoms with van der Waals surface area (Å²) in [5.74, 6) is 2.47. The van der Waals surface area contributed by atoms with Gasteiger partial charge in [0.2, 0.25) is 5.88 Å². The Bertz CT molecular complexity index is 636. The molecule has 0 radical (unpaired) electrons. The molecular weight excluding hydrogens is 240 g/mol. The first-order valence-electron chi connectivity index (χ1n) is 6.71. The fourth-order valence-corrected chi connectivity index (χ4v) is 2.42. The number of hydrogen-bond donors (Lipinski definition) is 0. The third kappa shape index (κ3) is 2.23. The van der Waals surface area contributed by atoms with Gasteiger partial charge in [0.05, 0.1) is 0 Å². The second-order valence-electron chi connectivity index (χ2n) is 5.42. The number of aromatic nitrogens is 2. The van der Waals surface area contributed by atoms with Gasteiger partial charge in [-0.3, -0.25) is 9.36 Å². The molecular formula is C15H18N2O2. The molecule has 0 amide bonds. The third-order valence-corrected chi connectivity index (χ3v) is 3.88. The highest BCUT2D eigenvalue weighted by Gasteiger charge is 2.26. The van der Waals surface area contributed by atoms with E-state index in [9.17, 15) is 4.79 Å². The summed E-state index contributed by atoms with van der Waals surface area (Å²) in [7, 11) is 1.74. The molecule has 0 bridgehead atoms. The van der Waals surface area contributed by atoms with Crippen molar-refractivity contribution in [3.63, 3.8) is 0 Å². The molecule has 3 rings (SSSR count). The summed E-state index contributed by atoms with van der Waals surface area (Å²) in [6, 6.07) is 0. The minimum atomic E-state index is -0.0305. The molecule has 1 aromatic rings. The zero-order chi connectivity index (χ0) is 13.6. The van der Waals surface area contributed by atoms with E-state index in [1.165, 1.54) is 12.8 Å². The Morgan fingerprint density at radius 2 is 2.26 bits per heavy atom. The van der Waals surface area contributed by atoms with E-state index in [0.717, 1.165) is 24.3 Å². The van der Waals surface area contributed by atoms with Crippen molar-refractivity contribution in [3.8, 4) is 5.88 Å². The molecule has 4 heteroatoms. The fourth-order valence-electron chi connectivity index (χ4n) is 2.42. The van der Waals surface area contributed by atoms with E-state index in [-0.39, 0.29) is 5.56 Å². The van der Waals surface area contributed by atoms with Gasteiger partial charge >= 0.3 is 0 Å². The Labute approximate surface area is 112 Å². The molecule has 2 heterocycles.